The van der Waals surface area contributed by atoms with Crippen molar-refractivity contribution in [2.75, 3.05) is 0 Å². The maximum atomic E-state index is 7.91. The lowest BCUT2D eigenvalue weighted by Crippen LogP contribution is -2.25. The second-order valence-corrected chi connectivity index (χ2v) is 18.0. The number of hydrogen-bond donors (Lipinski definition) is 0. The van der Waals surface area contributed by atoms with Gasteiger partial charge in [0.1, 0.15) is 0 Å². The van der Waals surface area contributed by atoms with Crippen LogP contribution in [0.3, 0.4) is 0 Å². The summed E-state index contributed by atoms with van der Waals surface area (Å²) in [6, 6.07) is 88.7. The summed E-state index contributed by atoms with van der Waals surface area (Å²) in [5, 5.41) is 0. The number of rotatable bonds is 7. The van der Waals surface area contributed by atoms with E-state index in [0.717, 1.165) is 78.1 Å². The number of benzene rings is 10. The average Bonchev–Trinajstić information content (AvgIpc) is 3.90. The summed E-state index contributed by atoms with van der Waals surface area (Å²) < 4.78 is 0. The van der Waals surface area contributed by atoms with Crippen molar-refractivity contribution in [3.05, 3.63) is 282 Å². The van der Waals surface area contributed by atoms with Crippen molar-refractivity contribution in [1.29, 1.82) is 0 Å². The molecule has 0 N–H and O–H groups in total. The molecule has 1 heterocycles. The van der Waals surface area contributed by atoms with Gasteiger partial charge in [-0.25, -0.2) is 14.8 Å². The van der Waals surface area contributed by atoms with E-state index in [-0.39, 0.29) is 0 Å². The molecule has 0 radical (unpaired) electrons. The molecule has 10 aromatic carbocycles. The van der Waals surface area contributed by atoms with E-state index in [0.29, 0.717) is 11.5 Å². The Hall–Kier alpha value is -9.23. The molecule has 320 valence electrons. The smallest absolute Gasteiger partial charge is 0.187 e. The SMILES string of the molecule is [C-]#[N+]c1ccc2c(c1)-c1cc(-c3ccc(-c4ccc(-c5cc(-c6cc(-c7ccccc7)cc(-c7ccccc7)c6)nc(-c6ccccc6)n5)cc4)cc3)ccc1C21c2ccccc2-c2ccccc21. The largest absolute Gasteiger partial charge is 0.238 e. The first kappa shape index (κ1) is 40.1. The van der Waals surface area contributed by atoms with Gasteiger partial charge in [0, 0.05) is 16.7 Å². The minimum absolute atomic E-state index is 0.442. The maximum absolute atomic E-state index is 7.91. The highest BCUT2D eigenvalue weighted by atomic mass is 14.9. The molecule has 2 aliphatic carbocycles. The molecule has 0 saturated carbocycles. The van der Waals surface area contributed by atoms with Crippen LogP contribution in [0.1, 0.15) is 22.3 Å². The molecule has 1 aromatic heterocycles. The van der Waals surface area contributed by atoms with E-state index in [4.69, 9.17) is 16.5 Å². The van der Waals surface area contributed by atoms with Crippen molar-refractivity contribution < 1.29 is 0 Å². The highest BCUT2D eigenvalue weighted by molar-refractivity contribution is 5.97. The molecule has 1 spiro atoms. The number of hydrogen-bond acceptors (Lipinski definition) is 2. The summed E-state index contributed by atoms with van der Waals surface area (Å²) in [7, 11) is 0. The van der Waals surface area contributed by atoms with Crippen molar-refractivity contribution in [2.24, 2.45) is 0 Å². The molecule has 0 unspecified atom stereocenters. The van der Waals surface area contributed by atoms with Crippen molar-refractivity contribution in [3.8, 4) is 101 Å². The third-order valence-corrected chi connectivity index (χ3v) is 14.1. The Morgan fingerprint density at radius 2 is 0.667 bits per heavy atom. The van der Waals surface area contributed by atoms with E-state index >= 15 is 0 Å². The summed E-state index contributed by atoms with van der Waals surface area (Å²) in [6.45, 7) is 7.91. The Bertz CT molecular complexity index is 3710. The van der Waals surface area contributed by atoms with Crippen LogP contribution < -0.4 is 0 Å². The predicted octanol–water partition coefficient (Wildman–Crippen LogP) is 17.0. The van der Waals surface area contributed by atoms with Gasteiger partial charge < -0.3 is 0 Å². The van der Waals surface area contributed by atoms with E-state index in [2.05, 4.69) is 229 Å². The van der Waals surface area contributed by atoms with Crippen LogP contribution in [0.2, 0.25) is 0 Å². The molecule has 0 saturated heterocycles. The van der Waals surface area contributed by atoms with Crippen LogP contribution in [0.25, 0.3) is 106 Å². The van der Waals surface area contributed by atoms with Crippen LogP contribution >= 0.6 is 0 Å². The van der Waals surface area contributed by atoms with Gasteiger partial charge in [-0.1, -0.05) is 212 Å². The molecular weight excluding hydrogens is 835 g/mol. The lowest BCUT2D eigenvalue weighted by Gasteiger charge is -2.30. The molecule has 13 rings (SSSR count). The molecule has 11 aromatic rings. The van der Waals surface area contributed by atoms with Crippen LogP contribution in [0.4, 0.5) is 5.69 Å². The first-order valence-corrected chi connectivity index (χ1v) is 23.4. The van der Waals surface area contributed by atoms with Gasteiger partial charge in [-0.15, -0.1) is 0 Å². The van der Waals surface area contributed by atoms with Gasteiger partial charge in [0.15, 0.2) is 11.5 Å². The van der Waals surface area contributed by atoms with Crippen LogP contribution in [0, 0.1) is 6.57 Å². The Morgan fingerprint density at radius 1 is 0.275 bits per heavy atom. The van der Waals surface area contributed by atoms with Crippen molar-refractivity contribution in [3.63, 3.8) is 0 Å². The summed E-state index contributed by atoms with van der Waals surface area (Å²) in [5.74, 6) is 0.684. The number of aromatic nitrogens is 2. The first-order valence-electron chi connectivity index (χ1n) is 23.4. The minimum Gasteiger partial charge on any atom is -0.238 e. The maximum Gasteiger partial charge on any atom is 0.187 e. The number of nitrogens with zero attached hydrogens (tertiary/aromatic N) is 3. The van der Waals surface area contributed by atoms with Gasteiger partial charge in [-0.05, 0) is 125 Å². The fourth-order valence-electron chi connectivity index (χ4n) is 10.9. The van der Waals surface area contributed by atoms with Gasteiger partial charge in [0.05, 0.1) is 23.4 Å². The Balaban J connectivity index is 0.851. The zero-order chi connectivity index (χ0) is 45.9. The summed E-state index contributed by atoms with van der Waals surface area (Å²) in [4.78, 5) is 14.3. The quantitative estimate of drug-likeness (QED) is 0.149. The van der Waals surface area contributed by atoms with Crippen molar-refractivity contribution >= 4 is 5.69 Å². The molecule has 2 aliphatic rings. The second kappa shape index (κ2) is 16.3. The molecule has 0 fully saturated rings. The Kier molecular flexibility index (Phi) is 9.45. The Labute approximate surface area is 402 Å². The van der Waals surface area contributed by atoms with Gasteiger partial charge in [0.25, 0.3) is 0 Å². The van der Waals surface area contributed by atoms with Crippen LogP contribution in [0.5, 0.6) is 0 Å². The van der Waals surface area contributed by atoms with E-state index in [1.165, 1.54) is 38.9 Å². The van der Waals surface area contributed by atoms with E-state index < -0.39 is 5.41 Å². The zero-order valence-electron chi connectivity index (χ0n) is 37.5. The third-order valence-electron chi connectivity index (χ3n) is 14.1. The van der Waals surface area contributed by atoms with Gasteiger partial charge >= 0.3 is 0 Å². The number of fused-ring (bicyclic) bond motifs is 10. The van der Waals surface area contributed by atoms with Crippen LogP contribution in [-0.2, 0) is 5.41 Å². The van der Waals surface area contributed by atoms with Crippen LogP contribution in [-0.4, -0.2) is 9.97 Å². The monoisotopic (exact) mass is 875 g/mol. The molecule has 0 atom stereocenters. The summed E-state index contributed by atoms with van der Waals surface area (Å²) >= 11 is 0. The van der Waals surface area contributed by atoms with E-state index in [9.17, 15) is 0 Å². The molecule has 0 aliphatic heterocycles. The van der Waals surface area contributed by atoms with Crippen molar-refractivity contribution in [1.82, 2.24) is 9.97 Å². The summed E-state index contributed by atoms with van der Waals surface area (Å²) in [6.07, 6.45) is 0. The third kappa shape index (κ3) is 6.65. The lowest BCUT2D eigenvalue weighted by molar-refractivity contribution is 0.794. The van der Waals surface area contributed by atoms with Gasteiger partial charge in [-0.3, -0.25) is 0 Å². The molecule has 3 heteroatoms. The minimum atomic E-state index is -0.442. The second-order valence-electron chi connectivity index (χ2n) is 18.0. The van der Waals surface area contributed by atoms with Gasteiger partial charge in [0.2, 0.25) is 0 Å². The molecule has 0 amide bonds. The standard InChI is InChI=1S/C66H41N3/c1-67-54-34-36-62-58(41-54)57-40-50(33-35-61(57)66(62)59-23-13-11-21-55(59)56-22-12-14-24-60(56)66)47-27-25-45(26-28-47)46-29-31-48(32-30-46)63-42-64(69-65(68-63)49-19-9-4-10-20-49)53-38-51(43-15-5-2-6-16-43)37-52(39-53)44-17-7-3-8-18-44/h2-42H. The normalized spacial score (nSPS) is 12.4. The van der Waals surface area contributed by atoms with Gasteiger partial charge in [-0.2, -0.15) is 0 Å². The average molecular weight is 876 g/mol. The molecule has 0 bridgehead atoms. The van der Waals surface area contributed by atoms with Crippen molar-refractivity contribution in [2.45, 2.75) is 5.41 Å². The fourth-order valence-corrected chi connectivity index (χ4v) is 10.9. The highest BCUT2D eigenvalue weighted by Crippen LogP contribution is 2.63. The first-order chi connectivity index (χ1) is 34.1. The predicted molar refractivity (Wildman–Crippen MR) is 283 cm³/mol. The zero-order valence-corrected chi connectivity index (χ0v) is 37.5. The highest BCUT2D eigenvalue weighted by Gasteiger charge is 2.51. The van der Waals surface area contributed by atoms with E-state index in [1.807, 2.05) is 24.3 Å². The summed E-state index contributed by atoms with van der Waals surface area (Å²) in [5.41, 5.74) is 24.0. The molecular formula is C66H41N3. The Morgan fingerprint density at radius 3 is 1.22 bits per heavy atom. The fraction of sp³-hybridized carbons (Fsp3) is 0.0152. The lowest BCUT2D eigenvalue weighted by atomic mass is 9.70. The van der Waals surface area contributed by atoms with E-state index in [1.54, 1.807) is 0 Å². The molecule has 69 heavy (non-hydrogen) atoms. The topological polar surface area (TPSA) is 30.1 Å². The molecule has 3 nitrogen and oxygen atoms in total. The van der Waals surface area contributed by atoms with Crippen LogP contribution in [0.15, 0.2) is 249 Å².